The number of piperidine rings is 1. The second-order valence-corrected chi connectivity index (χ2v) is 8.65. The minimum absolute atomic E-state index is 0.114. The van der Waals surface area contributed by atoms with E-state index < -0.39 is 10.0 Å². The maximum atomic E-state index is 13.0. The SMILES string of the molecule is Cc1ccc(S(=O)(=O)N2CCCC(c3nc(-c4cccnc4)no3)C2)cc1. The molecule has 0 saturated carbocycles. The lowest BCUT2D eigenvalue weighted by Gasteiger charge is -2.30. The zero-order valence-electron chi connectivity index (χ0n) is 14.9. The van der Waals surface area contributed by atoms with Crippen LogP contribution < -0.4 is 0 Å². The van der Waals surface area contributed by atoms with Crippen LogP contribution in [0, 0.1) is 6.92 Å². The fourth-order valence-electron chi connectivity index (χ4n) is 3.23. The normalized spacial score (nSPS) is 18.5. The van der Waals surface area contributed by atoms with Crippen LogP contribution in [0.15, 0.2) is 58.2 Å². The van der Waals surface area contributed by atoms with E-state index in [0.717, 1.165) is 24.0 Å². The van der Waals surface area contributed by atoms with Crippen molar-refractivity contribution in [2.75, 3.05) is 13.1 Å². The molecule has 7 nitrogen and oxygen atoms in total. The van der Waals surface area contributed by atoms with E-state index in [4.69, 9.17) is 4.52 Å². The third kappa shape index (κ3) is 3.63. The van der Waals surface area contributed by atoms with Gasteiger partial charge >= 0.3 is 0 Å². The molecule has 1 aliphatic heterocycles. The van der Waals surface area contributed by atoms with Crippen molar-refractivity contribution in [3.63, 3.8) is 0 Å². The van der Waals surface area contributed by atoms with Crippen molar-refractivity contribution in [1.82, 2.24) is 19.4 Å². The molecule has 3 heterocycles. The van der Waals surface area contributed by atoms with Gasteiger partial charge in [-0.25, -0.2) is 8.42 Å². The predicted molar refractivity (Wildman–Crippen MR) is 99.4 cm³/mol. The molecular formula is C19H20N4O3S. The smallest absolute Gasteiger partial charge is 0.243 e. The van der Waals surface area contributed by atoms with Crippen LogP contribution in [-0.2, 0) is 10.0 Å². The van der Waals surface area contributed by atoms with Crippen LogP contribution >= 0.6 is 0 Å². The van der Waals surface area contributed by atoms with Crippen LogP contribution in [0.5, 0.6) is 0 Å². The number of aryl methyl sites for hydroxylation is 1. The summed E-state index contributed by atoms with van der Waals surface area (Å²) in [5.74, 6) is 0.825. The van der Waals surface area contributed by atoms with Crippen LogP contribution in [0.4, 0.5) is 0 Å². The van der Waals surface area contributed by atoms with E-state index >= 15 is 0 Å². The summed E-state index contributed by atoms with van der Waals surface area (Å²) in [6, 6.07) is 10.6. The van der Waals surface area contributed by atoms with E-state index in [1.165, 1.54) is 4.31 Å². The van der Waals surface area contributed by atoms with Crippen LogP contribution in [-0.4, -0.2) is 40.9 Å². The zero-order chi connectivity index (χ0) is 18.9. The van der Waals surface area contributed by atoms with Gasteiger partial charge in [0.1, 0.15) is 0 Å². The topological polar surface area (TPSA) is 89.2 Å². The first kappa shape index (κ1) is 17.8. The van der Waals surface area contributed by atoms with E-state index in [-0.39, 0.29) is 5.92 Å². The Morgan fingerprint density at radius 2 is 2.00 bits per heavy atom. The summed E-state index contributed by atoms with van der Waals surface area (Å²) >= 11 is 0. The monoisotopic (exact) mass is 384 g/mol. The lowest BCUT2D eigenvalue weighted by Crippen LogP contribution is -2.39. The second kappa shape index (κ2) is 7.21. The van der Waals surface area contributed by atoms with Crippen molar-refractivity contribution in [3.05, 3.63) is 60.2 Å². The highest BCUT2D eigenvalue weighted by Crippen LogP contribution is 2.30. The van der Waals surface area contributed by atoms with E-state index in [1.54, 1.807) is 24.5 Å². The molecule has 2 aromatic heterocycles. The summed E-state index contributed by atoms with van der Waals surface area (Å²) < 4.78 is 32.9. The average molecular weight is 384 g/mol. The molecule has 0 N–H and O–H groups in total. The van der Waals surface area contributed by atoms with Crippen molar-refractivity contribution >= 4 is 10.0 Å². The molecule has 4 rings (SSSR count). The summed E-state index contributed by atoms with van der Waals surface area (Å²) in [7, 11) is -3.53. The fraction of sp³-hybridized carbons (Fsp3) is 0.316. The van der Waals surface area contributed by atoms with Crippen molar-refractivity contribution < 1.29 is 12.9 Å². The molecule has 1 aromatic carbocycles. The number of benzene rings is 1. The molecule has 0 bridgehead atoms. The first-order valence-electron chi connectivity index (χ1n) is 8.85. The molecule has 1 unspecified atom stereocenters. The lowest BCUT2D eigenvalue weighted by molar-refractivity contribution is 0.265. The van der Waals surface area contributed by atoms with Gasteiger partial charge < -0.3 is 4.52 Å². The Labute approximate surface area is 158 Å². The summed E-state index contributed by atoms with van der Waals surface area (Å²) in [6.07, 6.45) is 4.91. The molecule has 1 saturated heterocycles. The highest BCUT2D eigenvalue weighted by molar-refractivity contribution is 7.89. The Bertz CT molecular complexity index is 1020. The van der Waals surface area contributed by atoms with E-state index in [0.29, 0.717) is 29.7 Å². The van der Waals surface area contributed by atoms with Crippen LogP contribution in [0.1, 0.15) is 30.2 Å². The average Bonchev–Trinajstić information content (AvgIpc) is 3.19. The van der Waals surface area contributed by atoms with E-state index in [2.05, 4.69) is 15.1 Å². The minimum atomic E-state index is -3.53. The number of rotatable bonds is 4. The first-order chi connectivity index (χ1) is 13.0. The number of pyridine rings is 1. The molecule has 1 aliphatic rings. The molecule has 0 spiro atoms. The summed E-state index contributed by atoms with van der Waals surface area (Å²) in [6.45, 7) is 2.77. The van der Waals surface area contributed by atoms with E-state index in [9.17, 15) is 8.42 Å². The largest absolute Gasteiger partial charge is 0.339 e. The molecule has 140 valence electrons. The van der Waals surface area contributed by atoms with Crippen molar-refractivity contribution in [2.45, 2.75) is 30.6 Å². The van der Waals surface area contributed by atoms with Crippen molar-refractivity contribution in [1.29, 1.82) is 0 Å². The summed E-state index contributed by atoms with van der Waals surface area (Å²) in [5.41, 5.74) is 1.80. The van der Waals surface area contributed by atoms with Gasteiger partial charge in [-0.05, 0) is 44.0 Å². The molecule has 0 amide bonds. The maximum absolute atomic E-state index is 13.0. The number of sulfonamides is 1. The number of hydrogen-bond acceptors (Lipinski definition) is 6. The second-order valence-electron chi connectivity index (χ2n) is 6.71. The van der Waals surface area contributed by atoms with Gasteiger partial charge in [0.2, 0.25) is 21.7 Å². The molecule has 3 aromatic rings. The zero-order valence-corrected chi connectivity index (χ0v) is 15.8. The number of nitrogens with zero attached hydrogens (tertiary/aromatic N) is 4. The van der Waals surface area contributed by atoms with Gasteiger partial charge in [0.25, 0.3) is 0 Å². The van der Waals surface area contributed by atoms with Gasteiger partial charge in [0.05, 0.1) is 10.8 Å². The molecule has 0 aliphatic carbocycles. The van der Waals surface area contributed by atoms with Gasteiger partial charge in [-0.15, -0.1) is 0 Å². The van der Waals surface area contributed by atoms with Gasteiger partial charge in [-0.1, -0.05) is 22.9 Å². The van der Waals surface area contributed by atoms with Crippen molar-refractivity contribution in [2.24, 2.45) is 0 Å². The third-order valence-electron chi connectivity index (χ3n) is 4.75. The van der Waals surface area contributed by atoms with Gasteiger partial charge in [0.15, 0.2) is 0 Å². The molecule has 0 radical (unpaired) electrons. The standard InChI is InChI=1S/C19H20N4O3S/c1-14-6-8-17(9-7-14)27(24,25)23-11-3-5-16(13-23)19-21-18(22-26-19)15-4-2-10-20-12-15/h2,4,6-10,12,16H,3,5,11,13H2,1H3. The molecule has 1 fully saturated rings. The van der Waals surface area contributed by atoms with Gasteiger partial charge in [-0.3, -0.25) is 4.98 Å². The lowest BCUT2D eigenvalue weighted by atomic mass is 10.00. The van der Waals surface area contributed by atoms with Crippen LogP contribution in [0.25, 0.3) is 11.4 Å². The summed E-state index contributed by atoms with van der Waals surface area (Å²) in [4.78, 5) is 8.84. The predicted octanol–water partition coefficient (Wildman–Crippen LogP) is 3.01. The Balaban J connectivity index is 1.55. The molecule has 27 heavy (non-hydrogen) atoms. The quantitative estimate of drug-likeness (QED) is 0.687. The third-order valence-corrected chi connectivity index (χ3v) is 6.63. The number of aromatic nitrogens is 3. The first-order valence-corrected chi connectivity index (χ1v) is 10.3. The van der Waals surface area contributed by atoms with Crippen LogP contribution in [0.3, 0.4) is 0 Å². The molecular weight excluding hydrogens is 364 g/mol. The Kier molecular flexibility index (Phi) is 4.75. The van der Waals surface area contributed by atoms with Crippen molar-refractivity contribution in [3.8, 4) is 11.4 Å². The minimum Gasteiger partial charge on any atom is -0.339 e. The van der Waals surface area contributed by atoms with Crippen LogP contribution in [0.2, 0.25) is 0 Å². The molecule has 1 atom stereocenters. The Morgan fingerprint density at radius 1 is 1.19 bits per heavy atom. The van der Waals surface area contributed by atoms with Gasteiger partial charge in [0, 0.05) is 31.0 Å². The van der Waals surface area contributed by atoms with Gasteiger partial charge in [-0.2, -0.15) is 9.29 Å². The highest BCUT2D eigenvalue weighted by atomic mass is 32.2. The van der Waals surface area contributed by atoms with E-state index in [1.807, 2.05) is 31.2 Å². The fourth-order valence-corrected chi connectivity index (χ4v) is 4.76. The Hall–Kier alpha value is -2.58. The molecule has 8 heteroatoms. The Morgan fingerprint density at radius 3 is 2.74 bits per heavy atom. The number of hydrogen-bond donors (Lipinski definition) is 0. The summed E-state index contributed by atoms with van der Waals surface area (Å²) in [5, 5.41) is 4.02. The maximum Gasteiger partial charge on any atom is 0.243 e. The highest BCUT2D eigenvalue weighted by Gasteiger charge is 2.33.